The van der Waals surface area contributed by atoms with Crippen molar-refractivity contribution >= 4 is 0 Å². The van der Waals surface area contributed by atoms with Crippen LogP contribution < -0.4 is 5.73 Å². The Morgan fingerprint density at radius 2 is 1.88 bits per heavy atom. The monoisotopic (exact) mass is 120 g/mol. The quantitative estimate of drug-likeness (QED) is 0.450. The Morgan fingerprint density at radius 1 is 1.50 bits per heavy atom. The van der Waals surface area contributed by atoms with Crippen molar-refractivity contribution < 1.29 is 15.6 Å². The van der Waals surface area contributed by atoms with E-state index in [0.29, 0.717) is 0 Å². The molecule has 0 aliphatic heterocycles. The van der Waals surface area contributed by atoms with Gasteiger partial charge in [0.15, 0.2) is 0 Å². The molecule has 0 heterocycles. The molecule has 0 aromatic carbocycles. The predicted molar refractivity (Wildman–Crippen MR) is 29.7 cm³/mol. The van der Waals surface area contributed by atoms with Crippen molar-refractivity contribution in [3.8, 4) is 0 Å². The summed E-state index contributed by atoms with van der Waals surface area (Å²) in [6.07, 6.45) is -0.907. The van der Waals surface area contributed by atoms with Gasteiger partial charge in [-0.1, -0.05) is 0 Å². The number of hydrogen-bond acceptors (Lipinski definition) is 2. The molecule has 0 amide bonds. The summed E-state index contributed by atoms with van der Waals surface area (Å²) < 4.78 is 4.88. The largest absolute Gasteiger partial charge is 0.322 e. The molecule has 1 unspecified atom stereocenters. The molecule has 0 aromatic rings. The fourth-order valence-corrected chi connectivity index (χ4v) is 0.408. The van der Waals surface area contributed by atoms with E-state index in [4.69, 9.17) is 9.84 Å². The van der Waals surface area contributed by atoms with Gasteiger partial charge in [-0.2, -0.15) is 0 Å². The summed E-state index contributed by atoms with van der Waals surface area (Å²) in [7, 11) is 0. The van der Waals surface area contributed by atoms with Crippen molar-refractivity contribution in [2.45, 2.75) is 32.8 Å². The summed E-state index contributed by atoms with van der Waals surface area (Å²) in [5, 5.41) is 8.55. The van der Waals surface area contributed by atoms with Crippen molar-refractivity contribution in [3.05, 3.63) is 0 Å². The predicted octanol–water partition coefficient (Wildman–Crippen LogP) is -0.681. The van der Waals surface area contributed by atoms with Crippen molar-refractivity contribution in [1.82, 2.24) is 0 Å². The molecule has 0 aliphatic carbocycles. The third kappa shape index (κ3) is 5.88. The highest BCUT2D eigenvalue weighted by atomic mass is 16.6. The Kier molecular flexibility index (Phi) is 2.40. The Labute approximate surface area is 49.4 Å². The molecule has 1 atom stereocenters. The maximum atomic E-state index is 8.55. The van der Waals surface area contributed by atoms with E-state index in [0.717, 1.165) is 0 Å². The SMILES string of the molecule is CC(C)(C)OC([NH3+])O. The van der Waals surface area contributed by atoms with Crippen LogP contribution in [0.1, 0.15) is 20.8 Å². The minimum Gasteiger partial charge on any atom is -0.322 e. The Bertz CT molecular complexity index is 65.3. The van der Waals surface area contributed by atoms with Crippen LogP contribution in [0.15, 0.2) is 0 Å². The van der Waals surface area contributed by atoms with Gasteiger partial charge in [0.25, 0.3) is 0 Å². The molecule has 0 rings (SSSR count). The zero-order valence-corrected chi connectivity index (χ0v) is 5.64. The van der Waals surface area contributed by atoms with E-state index in [9.17, 15) is 0 Å². The first-order chi connectivity index (χ1) is 3.42. The van der Waals surface area contributed by atoms with Gasteiger partial charge < -0.3 is 15.6 Å². The molecule has 0 saturated carbocycles. The molecule has 0 saturated heterocycles. The molecular weight excluding hydrogens is 106 g/mol. The Balaban J connectivity index is 3.39. The summed E-state index contributed by atoms with van der Waals surface area (Å²) in [6, 6.07) is 0. The lowest BCUT2D eigenvalue weighted by atomic mass is 10.2. The molecule has 0 aromatic heterocycles. The summed E-state index contributed by atoms with van der Waals surface area (Å²) in [6.45, 7) is 5.59. The zero-order valence-electron chi connectivity index (χ0n) is 5.64. The van der Waals surface area contributed by atoms with Crippen LogP contribution in [0, 0.1) is 0 Å². The zero-order chi connectivity index (χ0) is 6.78. The molecule has 0 bridgehead atoms. The molecule has 0 spiro atoms. The standard InChI is InChI=1S/C5H13NO2/c1-5(2,3)8-4(6)7/h4,7H,6H2,1-3H3/p+1. The van der Waals surface area contributed by atoms with Crippen LogP contribution in [0.3, 0.4) is 0 Å². The Morgan fingerprint density at radius 3 is 1.88 bits per heavy atom. The summed E-state index contributed by atoms with van der Waals surface area (Å²) in [5.41, 5.74) is 2.97. The normalized spacial score (nSPS) is 16.1. The van der Waals surface area contributed by atoms with Crippen LogP contribution in [-0.2, 0) is 4.74 Å². The fourth-order valence-electron chi connectivity index (χ4n) is 0.408. The first-order valence-corrected chi connectivity index (χ1v) is 2.61. The fraction of sp³-hybridized carbons (Fsp3) is 1.00. The van der Waals surface area contributed by atoms with Gasteiger partial charge in [-0.15, -0.1) is 0 Å². The molecular formula is C5H14NO2+. The third-order valence-electron chi connectivity index (χ3n) is 0.490. The first kappa shape index (κ1) is 7.88. The van der Waals surface area contributed by atoms with Gasteiger partial charge >= 0.3 is 6.41 Å². The van der Waals surface area contributed by atoms with E-state index in [1.165, 1.54) is 0 Å². The number of aliphatic hydroxyl groups excluding tert-OH is 1. The van der Waals surface area contributed by atoms with E-state index < -0.39 is 6.41 Å². The van der Waals surface area contributed by atoms with Crippen molar-refractivity contribution in [3.63, 3.8) is 0 Å². The second-order valence-electron chi connectivity index (χ2n) is 2.68. The van der Waals surface area contributed by atoms with Gasteiger partial charge in [0, 0.05) is 0 Å². The number of rotatable bonds is 1. The maximum Gasteiger partial charge on any atom is 0.302 e. The van der Waals surface area contributed by atoms with Gasteiger partial charge in [-0.25, -0.2) is 0 Å². The van der Waals surface area contributed by atoms with Crippen LogP contribution >= 0.6 is 0 Å². The highest BCUT2D eigenvalue weighted by Crippen LogP contribution is 2.05. The van der Waals surface area contributed by atoms with E-state index >= 15 is 0 Å². The highest BCUT2D eigenvalue weighted by Gasteiger charge is 2.14. The summed E-state index contributed by atoms with van der Waals surface area (Å²) in [4.78, 5) is 0. The Hall–Kier alpha value is -0.120. The number of hydrogen-bond donors (Lipinski definition) is 2. The number of quaternary nitrogens is 1. The molecule has 0 aliphatic rings. The molecule has 50 valence electrons. The number of ether oxygens (including phenoxy) is 1. The van der Waals surface area contributed by atoms with E-state index in [-0.39, 0.29) is 5.60 Å². The molecule has 0 radical (unpaired) electrons. The van der Waals surface area contributed by atoms with Gasteiger partial charge in [-0.05, 0) is 20.8 Å². The average Bonchev–Trinajstić information content (AvgIpc) is 1.21. The van der Waals surface area contributed by atoms with Crippen LogP contribution in [0.25, 0.3) is 0 Å². The minimum atomic E-state index is -0.907. The van der Waals surface area contributed by atoms with Gasteiger partial charge in [-0.3, -0.25) is 0 Å². The highest BCUT2D eigenvalue weighted by molar-refractivity contribution is 4.56. The van der Waals surface area contributed by atoms with Crippen molar-refractivity contribution in [1.29, 1.82) is 0 Å². The second kappa shape index (κ2) is 2.44. The van der Waals surface area contributed by atoms with Crippen LogP contribution in [0.4, 0.5) is 0 Å². The maximum absolute atomic E-state index is 8.55. The topological polar surface area (TPSA) is 57.1 Å². The molecule has 3 heteroatoms. The van der Waals surface area contributed by atoms with E-state index in [2.05, 4.69) is 5.73 Å². The second-order valence-corrected chi connectivity index (χ2v) is 2.68. The van der Waals surface area contributed by atoms with Gasteiger partial charge in [0.1, 0.15) is 0 Å². The lowest BCUT2D eigenvalue weighted by Crippen LogP contribution is -2.63. The number of aliphatic hydroxyl groups is 1. The van der Waals surface area contributed by atoms with E-state index in [1.807, 2.05) is 20.8 Å². The van der Waals surface area contributed by atoms with E-state index in [1.54, 1.807) is 0 Å². The van der Waals surface area contributed by atoms with Crippen molar-refractivity contribution in [2.75, 3.05) is 0 Å². The van der Waals surface area contributed by atoms with Crippen LogP contribution in [0.2, 0.25) is 0 Å². The summed E-state index contributed by atoms with van der Waals surface area (Å²) in [5.74, 6) is 0. The van der Waals surface area contributed by atoms with Crippen LogP contribution in [0.5, 0.6) is 0 Å². The van der Waals surface area contributed by atoms with Gasteiger partial charge in [0.2, 0.25) is 0 Å². The summed E-state index contributed by atoms with van der Waals surface area (Å²) >= 11 is 0. The lowest BCUT2D eigenvalue weighted by Gasteiger charge is -2.18. The molecule has 3 nitrogen and oxygen atoms in total. The van der Waals surface area contributed by atoms with Crippen LogP contribution in [-0.4, -0.2) is 17.1 Å². The lowest BCUT2D eigenvalue weighted by molar-refractivity contribution is -0.566. The minimum absolute atomic E-state index is 0.291. The molecule has 0 fully saturated rings. The third-order valence-corrected chi connectivity index (χ3v) is 0.490. The van der Waals surface area contributed by atoms with Gasteiger partial charge in [0.05, 0.1) is 5.60 Å². The molecule has 8 heavy (non-hydrogen) atoms. The molecule has 4 N–H and O–H groups in total. The first-order valence-electron chi connectivity index (χ1n) is 2.61. The van der Waals surface area contributed by atoms with Crippen molar-refractivity contribution in [2.24, 2.45) is 0 Å². The average molecular weight is 120 g/mol. The smallest absolute Gasteiger partial charge is 0.302 e.